The van der Waals surface area contributed by atoms with Crippen molar-refractivity contribution in [2.45, 2.75) is 6.92 Å². The summed E-state index contributed by atoms with van der Waals surface area (Å²) in [7, 11) is 0. The Hall–Kier alpha value is -0.800. The molecule has 4 heteroatoms. The standard InChI is InChI=1S/C3H6FNO2/c1-2-7-3(6)5-4/h2H2,1H3,(H,5,6). The zero-order valence-electron chi connectivity index (χ0n) is 3.90. The van der Waals surface area contributed by atoms with E-state index < -0.39 is 6.09 Å². The Kier molecular flexibility index (Phi) is 3.00. The molecule has 0 fully saturated rings. The van der Waals surface area contributed by atoms with Crippen LogP contribution < -0.4 is 5.54 Å². The van der Waals surface area contributed by atoms with Gasteiger partial charge in [-0.05, 0) is 6.92 Å². The normalized spacial score (nSPS) is 7.71. The smallest absolute Gasteiger partial charge is 0.435 e. The van der Waals surface area contributed by atoms with E-state index in [-0.39, 0.29) is 6.61 Å². The number of nitrogens with one attached hydrogen (secondary N) is 1. The fraction of sp³-hybridized carbons (Fsp3) is 0.667. The molecule has 1 N–H and O–H groups in total. The molecule has 0 spiro atoms. The van der Waals surface area contributed by atoms with Crippen molar-refractivity contribution in [3.63, 3.8) is 0 Å². The van der Waals surface area contributed by atoms with Crippen molar-refractivity contribution in [2.24, 2.45) is 0 Å². The molecule has 0 heterocycles. The summed E-state index contributed by atoms with van der Waals surface area (Å²) in [6.07, 6.45) is -1.04. The predicted molar refractivity (Wildman–Crippen MR) is 21.3 cm³/mol. The first-order valence-corrected chi connectivity index (χ1v) is 1.84. The second-order valence-corrected chi connectivity index (χ2v) is 0.815. The molecule has 0 aromatic rings. The highest BCUT2D eigenvalue weighted by atomic mass is 19.2. The van der Waals surface area contributed by atoms with Crippen LogP contribution in [-0.4, -0.2) is 12.7 Å². The number of halogens is 1. The van der Waals surface area contributed by atoms with Crippen molar-refractivity contribution in [1.82, 2.24) is 5.54 Å². The van der Waals surface area contributed by atoms with E-state index in [1.54, 1.807) is 6.92 Å². The van der Waals surface area contributed by atoms with Gasteiger partial charge in [-0.2, -0.15) is 5.54 Å². The van der Waals surface area contributed by atoms with Gasteiger partial charge in [-0.15, -0.1) is 0 Å². The number of amides is 1. The molecule has 7 heavy (non-hydrogen) atoms. The van der Waals surface area contributed by atoms with Crippen molar-refractivity contribution >= 4 is 6.09 Å². The van der Waals surface area contributed by atoms with Crippen LogP contribution in [0, 0.1) is 0 Å². The molecule has 0 rings (SSSR count). The second-order valence-electron chi connectivity index (χ2n) is 0.815. The highest BCUT2D eigenvalue weighted by Gasteiger charge is 1.92. The van der Waals surface area contributed by atoms with E-state index >= 15 is 0 Å². The predicted octanol–water partition coefficient (Wildman–Crippen LogP) is 0.617. The molecule has 0 bridgehead atoms. The summed E-state index contributed by atoms with van der Waals surface area (Å²) in [5, 5.41) is 0. The van der Waals surface area contributed by atoms with Gasteiger partial charge in [0.2, 0.25) is 0 Å². The molecule has 0 aromatic carbocycles. The molecule has 0 unspecified atom stereocenters. The maximum atomic E-state index is 10.8. The van der Waals surface area contributed by atoms with Gasteiger partial charge in [0.05, 0.1) is 6.61 Å². The third-order valence-corrected chi connectivity index (χ3v) is 0.353. The van der Waals surface area contributed by atoms with Crippen molar-refractivity contribution in [1.29, 1.82) is 0 Å². The molecule has 0 saturated carbocycles. The Bertz CT molecular complexity index is 66.0. The first-order valence-electron chi connectivity index (χ1n) is 1.84. The molecule has 0 aromatic heterocycles. The number of hydrogen-bond donors (Lipinski definition) is 1. The van der Waals surface area contributed by atoms with E-state index in [0.717, 1.165) is 5.54 Å². The highest BCUT2D eigenvalue weighted by molar-refractivity contribution is 5.65. The van der Waals surface area contributed by atoms with Crippen LogP contribution >= 0.6 is 0 Å². The first kappa shape index (κ1) is 6.20. The van der Waals surface area contributed by atoms with Crippen molar-refractivity contribution < 1.29 is 14.0 Å². The topological polar surface area (TPSA) is 38.3 Å². The van der Waals surface area contributed by atoms with E-state index in [9.17, 15) is 9.28 Å². The van der Waals surface area contributed by atoms with Crippen molar-refractivity contribution in [3.8, 4) is 0 Å². The number of rotatable bonds is 1. The summed E-state index contributed by atoms with van der Waals surface area (Å²) in [5.74, 6) is 0. The molecule has 42 valence electrons. The zero-order chi connectivity index (χ0) is 5.70. The average molecular weight is 107 g/mol. The van der Waals surface area contributed by atoms with Gasteiger partial charge < -0.3 is 4.74 Å². The van der Waals surface area contributed by atoms with Gasteiger partial charge in [0.25, 0.3) is 0 Å². The lowest BCUT2D eigenvalue weighted by molar-refractivity contribution is 0.129. The van der Waals surface area contributed by atoms with E-state index in [0.29, 0.717) is 0 Å². The van der Waals surface area contributed by atoms with Gasteiger partial charge in [-0.3, -0.25) is 0 Å². The van der Waals surface area contributed by atoms with E-state index in [1.807, 2.05) is 0 Å². The Morgan fingerprint density at radius 3 is 2.71 bits per heavy atom. The minimum absolute atomic E-state index is 0.190. The molecule has 3 nitrogen and oxygen atoms in total. The summed E-state index contributed by atoms with van der Waals surface area (Å²) in [5.41, 5.74) is 0.805. The lowest BCUT2D eigenvalue weighted by Gasteiger charge is -1.92. The van der Waals surface area contributed by atoms with Crippen LogP contribution in [0.15, 0.2) is 0 Å². The van der Waals surface area contributed by atoms with Crippen LogP contribution in [0.25, 0.3) is 0 Å². The van der Waals surface area contributed by atoms with Gasteiger partial charge >= 0.3 is 6.09 Å². The fourth-order valence-electron chi connectivity index (χ4n) is 0.158. The van der Waals surface area contributed by atoms with Gasteiger partial charge in [-0.25, -0.2) is 4.79 Å². The van der Waals surface area contributed by atoms with Crippen LogP contribution in [0.3, 0.4) is 0 Å². The molecular weight excluding hydrogens is 101 g/mol. The van der Waals surface area contributed by atoms with Crippen LogP contribution in [0.5, 0.6) is 0 Å². The molecular formula is C3H6FNO2. The highest BCUT2D eigenvalue weighted by Crippen LogP contribution is 1.72. The van der Waals surface area contributed by atoms with E-state index in [1.165, 1.54) is 0 Å². The second kappa shape index (κ2) is 3.39. The summed E-state index contributed by atoms with van der Waals surface area (Å²) < 4.78 is 14.9. The van der Waals surface area contributed by atoms with Gasteiger partial charge in [0, 0.05) is 0 Å². The van der Waals surface area contributed by atoms with Crippen molar-refractivity contribution in [2.75, 3.05) is 6.61 Å². The third-order valence-electron chi connectivity index (χ3n) is 0.353. The summed E-state index contributed by atoms with van der Waals surface area (Å²) in [4.78, 5) is 9.70. The molecule has 0 atom stereocenters. The SMILES string of the molecule is CCOC(=O)NF. The van der Waals surface area contributed by atoms with Crippen LogP contribution in [0.1, 0.15) is 6.92 Å². The molecule has 0 aliphatic rings. The van der Waals surface area contributed by atoms with Crippen LogP contribution in [0.2, 0.25) is 0 Å². The monoisotopic (exact) mass is 107 g/mol. The van der Waals surface area contributed by atoms with E-state index in [2.05, 4.69) is 4.74 Å². The fourth-order valence-corrected chi connectivity index (χ4v) is 0.158. The van der Waals surface area contributed by atoms with Crippen LogP contribution in [-0.2, 0) is 4.74 Å². The zero-order valence-corrected chi connectivity index (χ0v) is 3.90. The summed E-state index contributed by atoms with van der Waals surface area (Å²) in [6, 6.07) is 0. The molecule has 1 amide bonds. The summed E-state index contributed by atoms with van der Waals surface area (Å²) in [6.45, 7) is 1.78. The maximum absolute atomic E-state index is 10.8. The lowest BCUT2D eigenvalue weighted by atomic mass is 10.9. The Morgan fingerprint density at radius 1 is 2.00 bits per heavy atom. The maximum Gasteiger partial charge on any atom is 0.435 e. The molecule has 0 aliphatic carbocycles. The summed E-state index contributed by atoms with van der Waals surface area (Å²) >= 11 is 0. The third kappa shape index (κ3) is 3.02. The Balaban J connectivity index is 3.00. The number of hydrogen-bond acceptors (Lipinski definition) is 2. The minimum atomic E-state index is -1.04. The van der Waals surface area contributed by atoms with Gasteiger partial charge in [-0.1, -0.05) is 4.48 Å². The Labute approximate surface area is 40.4 Å². The number of carbonyl (C=O) groups excluding carboxylic acids is 1. The van der Waals surface area contributed by atoms with Gasteiger partial charge in [0.15, 0.2) is 0 Å². The minimum Gasteiger partial charge on any atom is -0.448 e. The van der Waals surface area contributed by atoms with Crippen LogP contribution in [0.4, 0.5) is 9.28 Å². The number of ether oxygens (including phenoxy) is 1. The Morgan fingerprint density at radius 2 is 2.57 bits per heavy atom. The molecule has 0 aliphatic heterocycles. The average Bonchev–Trinajstić information content (AvgIpc) is 1.68. The largest absolute Gasteiger partial charge is 0.448 e. The van der Waals surface area contributed by atoms with Crippen molar-refractivity contribution in [3.05, 3.63) is 0 Å². The van der Waals surface area contributed by atoms with E-state index in [4.69, 9.17) is 0 Å². The first-order chi connectivity index (χ1) is 3.31. The molecule has 0 radical (unpaired) electrons. The number of carbonyl (C=O) groups is 1. The van der Waals surface area contributed by atoms with Gasteiger partial charge in [0.1, 0.15) is 0 Å². The molecule has 0 saturated heterocycles. The lowest BCUT2D eigenvalue weighted by Crippen LogP contribution is -2.14. The quantitative estimate of drug-likeness (QED) is 0.499.